The minimum absolute atomic E-state index is 0.00540. The standard InChI is InChI=1S/C28H29F2N3O6S/c29-22-9-12-25(30)21(17-22)18-31-33-27(35)28(13-16-40(36,37)24-5-2-1-3-6-24)19-39-26(32-28)20-7-10-23(11-8-20)38-15-4-14-34/h1-3,5-12,17,31,34H,4,13-16,18-19H2,(H,33,35)/t28-/m0/s1. The third kappa shape index (κ3) is 7.20. The molecule has 1 aliphatic rings. The minimum Gasteiger partial charge on any atom is -0.494 e. The van der Waals surface area contributed by atoms with Gasteiger partial charge in [0.25, 0.3) is 5.91 Å². The number of hydrogen-bond donors (Lipinski definition) is 3. The Morgan fingerprint density at radius 1 is 1.07 bits per heavy atom. The van der Waals surface area contributed by atoms with Gasteiger partial charge in [0.2, 0.25) is 5.90 Å². The van der Waals surface area contributed by atoms with Crippen LogP contribution in [0.4, 0.5) is 8.78 Å². The first-order valence-corrected chi connectivity index (χ1v) is 14.2. The van der Waals surface area contributed by atoms with E-state index in [1.165, 1.54) is 12.1 Å². The number of rotatable bonds is 13. The molecule has 12 heteroatoms. The monoisotopic (exact) mass is 573 g/mol. The zero-order valence-corrected chi connectivity index (χ0v) is 22.3. The smallest absolute Gasteiger partial charge is 0.265 e. The highest BCUT2D eigenvalue weighted by Gasteiger charge is 2.45. The molecular weight excluding hydrogens is 544 g/mol. The molecule has 3 aromatic rings. The van der Waals surface area contributed by atoms with Crippen molar-refractivity contribution in [1.29, 1.82) is 0 Å². The van der Waals surface area contributed by atoms with Crippen molar-refractivity contribution in [3.8, 4) is 5.75 Å². The van der Waals surface area contributed by atoms with E-state index >= 15 is 0 Å². The van der Waals surface area contributed by atoms with Gasteiger partial charge in [-0.15, -0.1) is 0 Å². The maximum Gasteiger partial charge on any atom is 0.265 e. The molecule has 0 spiro atoms. The number of aliphatic hydroxyl groups excluding tert-OH is 1. The van der Waals surface area contributed by atoms with E-state index in [1.54, 1.807) is 42.5 Å². The molecule has 4 rings (SSSR count). The van der Waals surface area contributed by atoms with Crippen molar-refractivity contribution in [1.82, 2.24) is 10.9 Å². The predicted molar refractivity (Wildman–Crippen MR) is 143 cm³/mol. The first-order valence-electron chi connectivity index (χ1n) is 12.5. The molecule has 3 N–H and O–H groups in total. The number of amides is 1. The summed E-state index contributed by atoms with van der Waals surface area (Å²) in [6, 6.07) is 17.6. The molecule has 1 atom stereocenters. The summed E-state index contributed by atoms with van der Waals surface area (Å²) in [5.74, 6) is -1.64. The Morgan fingerprint density at radius 2 is 1.82 bits per heavy atom. The number of nitrogens with zero attached hydrogens (tertiary/aromatic N) is 1. The third-order valence-corrected chi connectivity index (χ3v) is 7.97. The van der Waals surface area contributed by atoms with Crippen molar-refractivity contribution in [3.05, 3.63) is 95.6 Å². The Labute approximate surface area is 230 Å². The molecule has 9 nitrogen and oxygen atoms in total. The Balaban J connectivity index is 1.53. The number of nitrogens with one attached hydrogen (secondary N) is 2. The van der Waals surface area contributed by atoms with Crippen LogP contribution in [0.25, 0.3) is 0 Å². The lowest BCUT2D eigenvalue weighted by molar-refractivity contribution is -0.127. The summed E-state index contributed by atoms with van der Waals surface area (Å²) in [6.07, 6.45) is 0.291. The van der Waals surface area contributed by atoms with Crippen LogP contribution in [0.15, 0.2) is 82.7 Å². The number of ether oxygens (including phenoxy) is 2. The SMILES string of the molecule is O=C(NNCc1cc(F)ccc1F)[C@]1(CCS(=O)(=O)c2ccccc2)COC(c2ccc(OCCCO)cc2)=N1. The van der Waals surface area contributed by atoms with Crippen LogP contribution in [0.5, 0.6) is 5.75 Å². The number of halogens is 2. The number of aliphatic imine (C=N–C) groups is 1. The highest BCUT2D eigenvalue weighted by atomic mass is 32.2. The molecule has 0 aliphatic carbocycles. The van der Waals surface area contributed by atoms with Gasteiger partial charge < -0.3 is 14.6 Å². The Bertz CT molecular complexity index is 1450. The Morgan fingerprint density at radius 3 is 2.55 bits per heavy atom. The Hall–Kier alpha value is -3.87. The molecule has 0 saturated heterocycles. The summed E-state index contributed by atoms with van der Waals surface area (Å²) in [5.41, 5.74) is 3.95. The van der Waals surface area contributed by atoms with Crippen molar-refractivity contribution < 1.29 is 36.6 Å². The molecule has 0 unspecified atom stereocenters. The molecule has 0 bridgehead atoms. The van der Waals surface area contributed by atoms with Crippen LogP contribution in [-0.2, 0) is 25.9 Å². The van der Waals surface area contributed by atoms with Gasteiger partial charge in [0.05, 0.1) is 17.3 Å². The van der Waals surface area contributed by atoms with Crippen molar-refractivity contribution in [2.45, 2.75) is 29.8 Å². The van der Waals surface area contributed by atoms with Gasteiger partial charge in [-0.05, 0) is 61.0 Å². The minimum atomic E-state index is -3.74. The van der Waals surface area contributed by atoms with Crippen LogP contribution in [0.3, 0.4) is 0 Å². The summed E-state index contributed by atoms with van der Waals surface area (Å²) in [7, 11) is -3.74. The molecule has 1 heterocycles. The van der Waals surface area contributed by atoms with Gasteiger partial charge in [-0.2, -0.15) is 0 Å². The maximum atomic E-state index is 14.0. The average Bonchev–Trinajstić information content (AvgIpc) is 3.41. The van der Waals surface area contributed by atoms with Gasteiger partial charge in [0.15, 0.2) is 15.4 Å². The van der Waals surface area contributed by atoms with Gasteiger partial charge in [0.1, 0.15) is 24.0 Å². The lowest BCUT2D eigenvalue weighted by atomic mass is 9.98. The summed E-state index contributed by atoms with van der Waals surface area (Å²) >= 11 is 0. The number of sulfone groups is 1. The van der Waals surface area contributed by atoms with Gasteiger partial charge in [-0.3, -0.25) is 10.2 Å². The van der Waals surface area contributed by atoms with E-state index in [9.17, 15) is 22.0 Å². The van der Waals surface area contributed by atoms with E-state index in [0.717, 1.165) is 18.2 Å². The second kappa shape index (κ2) is 13.0. The van der Waals surface area contributed by atoms with E-state index in [2.05, 4.69) is 15.8 Å². The molecule has 1 aliphatic heterocycles. The molecule has 0 saturated carbocycles. The van der Waals surface area contributed by atoms with E-state index in [-0.39, 0.29) is 48.3 Å². The number of carbonyl (C=O) groups excluding carboxylic acids is 1. The number of hydrazine groups is 1. The second-order valence-electron chi connectivity index (χ2n) is 9.11. The molecule has 212 valence electrons. The normalized spacial score (nSPS) is 16.7. The van der Waals surface area contributed by atoms with Crippen molar-refractivity contribution in [2.75, 3.05) is 25.6 Å². The summed E-state index contributed by atoms with van der Waals surface area (Å²) < 4.78 is 64.7. The third-order valence-electron chi connectivity index (χ3n) is 6.23. The first-order chi connectivity index (χ1) is 19.2. The number of benzene rings is 3. The van der Waals surface area contributed by atoms with Gasteiger partial charge in [-0.1, -0.05) is 18.2 Å². The van der Waals surface area contributed by atoms with Crippen LogP contribution in [0.1, 0.15) is 24.0 Å². The summed E-state index contributed by atoms with van der Waals surface area (Å²) in [6.45, 7) is -0.0932. The van der Waals surface area contributed by atoms with E-state index in [1.807, 2.05) is 0 Å². The van der Waals surface area contributed by atoms with Crippen LogP contribution < -0.4 is 15.6 Å². The van der Waals surface area contributed by atoms with Crippen molar-refractivity contribution in [2.24, 2.45) is 4.99 Å². The highest BCUT2D eigenvalue weighted by Crippen LogP contribution is 2.28. The average molecular weight is 574 g/mol. The fraction of sp³-hybridized carbons (Fsp3) is 0.286. The molecule has 3 aromatic carbocycles. The second-order valence-corrected chi connectivity index (χ2v) is 11.2. The van der Waals surface area contributed by atoms with Gasteiger partial charge in [-0.25, -0.2) is 27.6 Å². The molecule has 0 aromatic heterocycles. The fourth-order valence-corrected chi connectivity index (χ4v) is 5.38. The zero-order chi connectivity index (χ0) is 28.6. The van der Waals surface area contributed by atoms with Crippen molar-refractivity contribution >= 4 is 21.6 Å². The van der Waals surface area contributed by atoms with Crippen LogP contribution >= 0.6 is 0 Å². The van der Waals surface area contributed by atoms with Gasteiger partial charge >= 0.3 is 0 Å². The molecule has 1 amide bonds. The van der Waals surface area contributed by atoms with Crippen molar-refractivity contribution in [3.63, 3.8) is 0 Å². The van der Waals surface area contributed by atoms with Crippen LogP contribution in [0, 0.1) is 11.6 Å². The fourth-order valence-electron chi connectivity index (χ4n) is 3.96. The van der Waals surface area contributed by atoms with E-state index < -0.39 is 32.9 Å². The summed E-state index contributed by atoms with van der Waals surface area (Å²) in [4.78, 5) is 18.0. The summed E-state index contributed by atoms with van der Waals surface area (Å²) in [5, 5.41) is 8.90. The van der Waals surface area contributed by atoms with Crippen LogP contribution in [0.2, 0.25) is 0 Å². The van der Waals surface area contributed by atoms with Crippen LogP contribution in [-0.4, -0.2) is 56.4 Å². The number of aliphatic hydroxyl groups is 1. The molecule has 40 heavy (non-hydrogen) atoms. The topological polar surface area (TPSA) is 126 Å². The molecule has 0 fully saturated rings. The maximum absolute atomic E-state index is 14.0. The zero-order valence-electron chi connectivity index (χ0n) is 21.5. The van der Waals surface area contributed by atoms with E-state index in [0.29, 0.717) is 24.3 Å². The predicted octanol–water partition coefficient (Wildman–Crippen LogP) is 2.93. The van der Waals surface area contributed by atoms with Gasteiger partial charge in [0, 0.05) is 30.7 Å². The largest absolute Gasteiger partial charge is 0.494 e. The molecular formula is C28H29F2N3O6S. The Kier molecular flexibility index (Phi) is 9.46. The quantitative estimate of drug-likeness (QED) is 0.212. The first kappa shape index (κ1) is 29.1. The lowest BCUT2D eigenvalue weighted by Crippen LogP contribution is -2.52. The number of carbonyl (C=O) groups is 1. The lowest BCUT2D eigenvalue weighted by Gasteiger charge is -2.23. The number of hydrogen-bond acceptors (Lipinski definition) is 8. The van der Waals surface area contributed by atoms with E-state index in [4.69, 9.17) is 14.6 Å². The molecule has 0 radical (unpaired) electrons. The highest BCUT2D eigenvalue weighted by molar-refractivity contribution is 7.91.